The molecular formula is C18H18ClNO. The number of halogens is 1. The summed E-state index contributed by atoms with van der Waals surface area (Å²) in [5.41, 5.74) is 2.86. The lowest BCUT2D eigenvalue weighted by molar-refractivity contribution is -0.114. The molecule has 0 aliphatic heterocycles. The quantitative estimate of drug-likeness (QED) is 0.748. The Bertz CT molecular complexity index is 664. The van der Waals surface area contributed by atoms with E-state index >= 15 is 0 Å². The first-order valence-corrected chi connectivity index (χ1v) is 7.31. The van der Waals surface area contributed by atoms with Crippen molar-refractivity contribution < 1.29 is 4.79 Å². The average molecular weight is 300 g/mol. The van der Waals surface area contributed by atoms with Gasteiger partial charge in [0.1, 0.15) is 0 Å². The number of likely N-dealkylation sites (N-methyl/N-ethyl adjacent to an activating group) is 1. The summed E-state index contributed by atoms with van der Waals surface area (Å²) in [4.78, 5) is 14.2. The van der Waals surface area contributed by atoms with Crippen molar-refractivity contribution in [3.8, 4) is 0 Å². The number of aryl methyl sites for hydroxylation is 1. The molecule has 108 valence electrons. The molecule has 0 aliphatic carbocycles. The molecule has 1 amide bonds. The third kappa shape index (κ3) is 3.73. The highest BCUT2D eigenvalue weighted by Gasteiger charge is 2.12. The van der Waals surface area contributed by atoms with Crippen molar-refractivity contribution in [2.45, 2.75) is 13.8 Å². The maximum atomic E-state index is 12.4. The van der Waals surface area contributed by atoms with E-state index < -0.39 is 0 Å². The number of rotatable bonds is 4. The molecule has 0 radical (unpaired) electrons. The van der Waals surface area contributed by atoms with Gasteiger partial charge in [0, 0.05) is 23.3 Å². The zero-order valence-electron chi connectivity index (χ0n) is 12.2. The number of amides is 1. The lowest BCUT2D eigenvalue weighted by Gasteiger charge is -2.21. The van der Waals surface area contributed by atoms with Crippen LogP contribution in [0.25, 0.3) is 6.08 Å². The maximum absolute atomic E-state index is 12.4. The highest BCUT2D eigenvalue weighted by Crippen LogP contribution is 2.20. The number of carbonyl (C=O) groups is 1. The Kier molecular flexibility index (Phi) is 5.18. The zero-order valence-corrected chi connectivity index (χ0v) is 13.0. The predicted octanol–water partition coefficient (Wildman–Crippen LogP) is 4.71. The summed E-state index contributed by atoms with van der Waals surface area (Å²) in [6, 6.07) is 15.3. The van der Waals surface area contributed by atoms with Gasteiger partial charge in [0.25, 0.3) is 5.91 Å². The molecule has 0 spiro atoms. The fourth-order valence-electron chi connectivity index (χ4n) is 2.17. The Hall–Kier alpha value is -2.06. The van der Waals surface area contributed by atoms with Crippen LogP contribution < -0.4 is 4.90 Å². The molecule has 0 heterocycles. The SMILES string of the molecule is CCN(C(=O)/C=C/c1ccccc1Cl)c1ccccc1C. The Labute approximate surface area is 130 Å². The van der Waals surface area contributed by atoms with Gasteiger partial charge < -0.3 is 4.90 Å². The summed E-state index contributed by atoms with van der Waals surface area (Å²) in [6.07, 6.45) is 3.32. The van der Waals surface area contributed by atoms with Gasteiger partial charge >= 0.3 is 0 Å². The van der Waals surface area contributed by atoms with Crippen molar-refractivity contribution in [3.63, 3.8) is 0 Å². The summed E-state index contributed by atoms with van der Waals surface area (Å²) >= 11 is 6.09. The first-order valence-electron chi connectivity index (χ1n) is 6.93. The van der Waals surface area contributed by atoms with Crippen molar-refractivity contribution in [1.29, 1.82) is 0 Å². The second-order valence-corrected chi connectivity index (χ2v) is 5.13. The van der Waals surface area contributed by atoms with E-state index in [1.807, 2.05) is 62.4 Å². The summed E-state index contributed by atoms with van der Waals surface area (Å²) < 4.78 is 0. The van der Waals surface area contributed by atoms with Crippen LogP contribution in [0, 0.1) is 6.92 Å². The van der Waals surface area contributed by atoms with Crippen LogP contribution >= 0.6 is 11.6 Å². The van der Waals surface area contributed by atoms with E-state index in [0.29, 0.717) is 11.6 Å². The molecule has 0 aliphatic rings. The molecule has 0 fully saturated rings. The fraction of sp³-hybridized carbons (Fsp3) is 0.167. The van der Waals surface area contributed by atoms with Crippen LogP contribution in [0.1, 0.15) is 18.1 Å². The highest BCUT2D eigenvalue weighted by molar-refractivity contribution is 6.32. The third-order valence-electron chi connectivity index (χ3n) is 3.30. The van der Waals surface area contributed by atoms with Crippen LogP contribution in [-0.4, -0.2) is 12.5 Å². The van der Waals surface area contributed by atoms with Gasteiger partial charge in [-0.2, -0.15) is 0 Å². The Morgan fingerprint density at radius 3 is 2.48 bits per heavy atom. The topological polar surface area (TPSA) is 20.3 Å². The Morgan fingerprint density at radius 1 is 1.14 bits per heavy atom. The second kappa shape index (κ2) is 7.09. The number of hydrogen-bond acceptors (Lipinski definition) is 1. The largest absolute Gasteiger partial charge is 0.309 e. The van der Waals surface area contributed by atoms with E-state index in [4.69, 9.17) is 11.6 Å². The van der Waals surface area contributed by atoms with E-state index in [1.165, 1.54) is 0 Å². The number of hydrogen-bond donors (Lipinski definition) is 0. The summed E-state index contributed by atoms with van der Waals surface area (Å²) in [6.45, 7) is 4.59. The molecule has 2 aromatic rings. The molecule has 0 unspecified atom stereocenters. The molecule has 0 saturated heterocycles. The lowest BCUT2D eigenvalue weighted by atomic mass is 10.1. The summed E-state index contributed by atoms with van der Waals surface area (Å²) in [5, 5.41) is 0.639. The lowest BCUT2D eigenvalue weighted by Crippen LogP contribution is -2.29. The van der Waals surface area contributed by atoms with Gasteiger partial charge in [0.15, 0.2) is 0 Å². The Morgan fingerprint density at radius 2 is 1.81 bits per heavy atom. The molecule has 0 aromatic heterocycles. The zero-order chi connectivity index (χ0) is 15.2. The molecule has 2 nitrogen and oxygen atoms in total. The van der Waals surface area contributed by atoms with Gasteiger partial charge in [0.05, 0.1) is 0 Å². The minimum absolute atomic E-state index is 0.0493. The van der Waals surface area contributed by atoms with Gasteiger partial charge in [-0.1, -0.05) is 48.0 Å². The standard InChI is InChI=1S/C18H18ClNO/c1-3-20(17-11-7-4-8-14(17)2)18(21)13-12-15-9-5-6-10-16(15)19/h4-13H,3H2,1-2H3/b13-12+. The number of benzene rings is 2. The fourth-order valence-corrected chi connectivity index (χ4v) is 2.37. The number of carbonyl (C=O) groups excluding carboxylic acids is 1. The van der Waals surface area contributed by atoms with Gasteiger partial charge in [-0.25, -0.2) is 0 Å². The van der Waals surface area contributed by atoms with E-state index in [0.717, 1.165) is 16.8 Å². The van der Waals surface area contributed by atoms with Crippen LogP contribution in [0.2, 0.25) is 5.02 Å². The Balaban J connectivity index is 2.22. The molecule has 0 atom stereocenters. The third-order valence-corrected chi connectivity index (χ3v) is 3.64. The smallest absolute Gasteiger partial charge is 0.250 e. The van der Waals surface area contributed by atoms with Gasteiger partial charge in [-0.05, 0) is 43.2 Å². The minimum atomic E-state index is -0.0493. The van der Waals surface area contributed by atoms with E-state index in [9.17, 15) is 4.79 Å². The van der Waals surface area contributed by atoms with Crippen molar-refractivity contribution in [3.05, 3.63) is 70.8 Å². The van der Waals surface area contributed by atoms with Crippen LogP contribution in [0.5, 0.6) is 0 Å². The molecule has 3 heteroatoms. The number of nitrogens with zero attached hydrogens (tertiary/aromatic N) is 1. The minimum Gasteiger partial charge on any atom is -0.309 e. The van der Waals surface area contributed by atoms with Gasteiger partial charge in [0.2, 0.25) is 0 Å². The second-order valence-electron chi connectivity index (χ2n) is 4.72. The van der Waals surface area contributed by atoms with Crippen LogP contribution in [0.3, 0.4) is 0 Å². The van der Waals surface area contributed by atoms with E-state index in [1.54, 1.807) is 17.1 Å². The number of para-hydroxylation sites is 1. The van der Waals surface area contributed by atoms with Crippen LogP contribution in [-0.2, 0) is 4.79 Å². The monoisotopic (exact) mass is 299 g/mol. The number of anilines is 1. The normalized spacial score (nSPS) is 10.8. The van der Waals surface area contributed by atoms with E-state index in [-0.39, 0.29) is 5.91 Å². The van der Waals surface area contributed by atoms with E-state index in [2.05, 4.69) is 0 Å². The van der Waals surface area contributed by atoms with Crippen molar-refractivity contribution in [2.24, 2.45) is 0 Å². The van der Waals surface area contributed by atoms with Crippen LogP contribution in [0.15, 0.2) is 54.6 Å². The molecule has 2 aromatic carbocycles. The molecule has 0 bridgehead atoms. The van der Waals surface area contributed by atoms with Gasteiger partial charge in [-0.3, -0.25) is 4.79 Å². The van der Waals surface area contributed by atoms with Crippen molar-refractivity contribution in [1.82, 2.24) is 0 Å². The summed E-state index contributed by atoms with van der Waals surface area (Å²) in [7, 11) is 0. The summed E-state index contributed by atoms with van der Waals surface area (Å²) in [5.74, 6) is -0.0493. The van der Waals surface area contributed by atoms with Crippen LogP contribution in [0.4, 0.5) is 5.69 Å². The molecule has 2 rings (SSSR count). The molecule has 0 N–H and O–H groups in total. The predicted molar refractivity (Wildman–Crippen MR) is 89.7 cm³/mol. The molecule has 21 heavy (non-hydrogen) atoms. The first-order chi connectivity index (χ1) is 10.1. The maximum Gasteiger partial charge on any atom is 0.250 e. The molecular weight excluding hydrogens is 282 g/mol. The van der Waals surface area contributed by atoms with Gasteiger partial charge in [-0.15, -0.1) is 0 Å². The van der Waals surface area contributed by atoms with Crippen molar-refractivity contribution >= 4 is 29.3 Å². The molecule has 0 saturated carbocycles. The van der Waals surface area contributed by atoms with Crippen molar-refractivity contribution in [2.75, 3.05) is 11.4 Å². The first kappa shape index (κ1) is 15.3. The average Bonchev–Trinajstić information content (AvgIpc) is 2.49. The highest BCUT2D eigenvalue weighted by atomic mass is 35.5.